The van der Waals surface area contributed by atoms with Gasteiger partial charge < -0.3 is 9.15 Å². The van der Waals surface area contributed by atoms with Crippen molar-refractivity contribution in [2.45, 2.75) is 6.42 Å². The molecule has 7 heteroatoms. The number of thiophene rings is 1. The number of hydrogen-bond donors (Lipinski definition) is 0. The minimum atomic E-state index is -0.453. The SMILES string of the molecule is O=C(Cc1cc2cc(-c3ccc(Cl)c(F)c3)ccc2s1)Oc1cocn1. The Hall–Kier alpha value is -2.70. The molecule has 0 fully saturated rings. The Morgan fingerprint density at radius 2 is 2.00 bits per heavy atom. The fourth-order valence-electron chi connectivity index (χ4n) is 2.59. The van der Waals surface area contributed by atoms with E-state index in [1.54, 1.807) is 6.07 Å². The number of esters is 1. The molecule has 4 rings (SSSR count). The molecule has 0 aliphatic carbocycles. The number of ether oxygens (including phenoxy) is 1. The van der Waals surface area contributed by atoms with Crippen LogP contribution in [0.1, 0.15) is 4.88 Å². The van der Waals surface area contributed by atoms with Gasteiger partial charge in [-0.1, -0.05) is 23.7 Å². The van der Waals surface area contributed by atoms with E-state index in [-0.39, 0.29) is 17.3 Å². The monoisotopic (exact) mass is 387 g/mol. The van der Waals surface area contributed by atoms with Crippen molar-refractivity contribution >= 4 is 39.0 Å². The summed E-state index contributed by atoms with van der Waals surface area (Å²) in [5.41, 5.74) is 1.62. The van der Waals surface area contributed by atoms with E-state index >= 15 is 0 Å². The predicted molar refractivity (Wildman–Crippen MR) is 98.1 cm³/mol. The number of rotatable bonds is 4. The summed E-state index contributed by atoms with van der Waals surface area (Å²) in [7, 11) is 0. The summed E-state index contributed by atoms with van der Waals surface area (Å²) >= 11 is 7.25. The molecule has 26 heavy (non-hydrogen) atoms. The number of hydrogen-bond acceptors (Lipinski definition) is 5. The fraction of sp³-hybridized carbons (Fsp3) is 0.0526. The molecule has 2 aromatic heterocycles. The maximum atomic E-state index is 13.7. The summed E-state index contributed by atoms with van der Waals surface area (Å²) in [6, 6.07) is 12.5. The lowest BCUT2D eigenvalue weighted by atomic mass is 10.0. The maximum Gasteiger partial charge on any atom is 0.317 e. The summed E-state index contributed by atoms with van der Waals surface area (Å²) in [6.45, 7) is 0. The molecule has 0 bridgehead atoms. The number of fused-ring (bicyclic) bond motifs is 1. The Labute approximate surface area is 156 Å². The van der Waals surface area contributed by atoms with Gasteiger partial charge in [-0.2, -0.15) is 4.98 Å². The van der Waals surface area contributed by atoms with E-state index in [0.29, 0.717) is 0 Å². The van der Waals surface area contributed by atoms with E-state index in [2.05, 4.69) is 4.98 Å². The highest BCUT2D eigenvalue weighted by molar-refractivity contribution is 7.19. The molecular formula is C19H11ClFNO3S. The molecule has 0 radical (unpaired) electrons. The van der Waals surface area contributed by atoms with E-state index in [1.807, 2.05) is 24.3 Å². The van der Waals surface area contributed by atoms with Crippen LogP contribution < -0.4 is 4.74 Å². The van der Waals surface area contributed by atoms with E-state index < -0.39 is 11.8 Å². The van der Waals surface area contributed by atoms with Crippen LogP contribution in [-0.4, -0.2) is 11.0 Å². The first kappa shape index (κ1) is 16.8. The Balaban J connectivity index is 1.57. The van der Waals surface area contributed by atoms with Gasteiger partial charge in [0.25, 0.3) is 5.88 Å². The van der Waals surface area contributed by atoms with Gasteiger partial charge in [0.05, 0.1) is 11.4 Å². The standard InChI is InChI=1S/C19H11ClFNO3S/c20-15-3-1-12(7-16(15)21)11-2-4-17-13(5-11)6-14(26-17)8-19(23)25-18-9-24-10-22-18/h1-7,9-10H,8H2. The molecule has 0 N–H and O–H groups in total. The number of aromatic nitrogens is 1. The summed E-state index contributed by atoms with van der Waals surface area (Å²) in [4.78, 5) is 16.6. The van der Waals surface area contributed by atoms with Crippen molar-refractivity contribution in [2.75, 3.05) is 0 Å². The summed E-state index contributed by atoms with van der Waals surface area (Å²) in [6.07, 6.45) is 2.60. The first-order valence-electron chi connectivity index (χ1n) is 7.65. The van der Waals surface area contributed by atoms with Crippen LogP contribution in [0, 0.1) is 5.82 Å². The van der Waals surface area contributed by atoms with E-state index in [1.165, 1.54) is 36.1 Å². The number of carbonyl (C=O) groups excluding carboxylic acids is 1. The van der Waals surface area contributed by atoms with Crippen LogP contribution in [0.2, 0.25) is 5.02 Å². The first-order chi connectivity index (χ1) is 12.6. The topological polar surface area (TPSA) is 52.3 Å². The third-order valence-corrected chi connectivity index (χ3v) is 5.19. The molecule has 2 aromatic carbocycles. The molecule has 4 nitrogen and oxygen atoms in total. The second-order valence-corrected chi connectivity index (χ2v) is 7.15. The molecule has 0 saturated heterocycles. The lowest BCUT2D eigenvalue weighted by molar-refractivity contribution is -0.133. The Morgan fingerprint density at radius 3 is 2.77 bits per heavy atom. The zero-order valence-corrected chi connectivity index (χ0v) is 14.8. The number of nitrogens with zero attached hydrogens (tertiary/aromatic N) is 1. The molecule has 4 aromatic rings. The Morgan fingerprint density at radius 1 is 1.19 bits per heavy atom. The third kappa shape index (κ3) is 3.47. The Kier molecular flexibility index (Phi) is 4.44. The highest BCUT2D eigenvalue weighted by Crippen LogP contribution is 2.31. The minimum Gasteiger partial charge on any atom is -0.448 e. The largest absolute Gasteiger partial charge is 0.448 e. The van der Waals surface area contributed by atoms with Gasteiger partial charge in [0, 0.05) is 9.58 Å². The predicted octanol–water partition coefficient (Wildman–Crippen LogP) is 5.50. The number of oxazole rings is 1. The van der Waals surface area contributed by atoms with Crippen molar-refractivity contribution in [1.29, 1.82) is 0 Å². The number of carbonyl (C=O) groups is 1. The highest BCUT2D eigenvalue weighted by atomic mass is 35.5. The molecule has 130 valence electrons. The summed E-state index contributed by atoms with van der Waals surface area (Å²) in [5.74, 6) is -0.723. The first-order valence-corrected chi connectivity index (χ1v) is 8.85. The number of benzene rings is 2. The van der Waals surface area contributed by atoms with Crippen LogP contribution in [0.4, 0.5) is 4.39 Å². The lowest BCUT2D eigenvalue weighted by Crippen LogP contribution is -2.10. The Bertz CT molecular complexity index is 1090. The average Bonchev–Trinajstić information content (AvgIpc) is 3.25. The van der Waals surface area contributed by atoms with Gasteiger partial charge in [-0.3, -0.25) is 4.79 Å². The molecular weight excluding hydrogens is 377 g/mol. The number of halogens is 2. The van der Waals surface area contributed by atoms with Crippen molar-refractivity contribution in [2.24, 2.45) is 0 Å². The molecule has 0 atom stereocenters. The molecule has 0 aliphatic rings. The van der Waals surface area contributed by atoms with Gasteiger partial charge in [0.2, 0.25) is 0 Å². The zero-order valence-electron chi connectivity index (χ0n) is 13.2. The molecule has 2 heterocycles. The van der Waals surface area contributed by atoms with Crippen LogP contribution in [0.25, 0.3) is 21.2 Å². The highest BCUT2D eigenvalue weighted by Gasteiger charge is 2.12. The fourth-order valence-corrected chi connectivity index (χ4v) is 3.74. The minimum absolute atomic E-state index is 0.0956. The van der Waals surface area contributed by atoms with Crippen molar-refractivity contribution < 1.29 is 18.3 Å². The second kappa shape index (κ2) is 6.90. The van der Waals surface area contributed by atoms with Crippen LogP contribution in [0.15, 0.2) is 59.5 Å². The average molecular weight is 388 g/mol. The molecule has 0 saturated carbocycles. The molecule has 0 unspecified atom stereocenters. The van der Waals surface area contributed by atoms with Crippen molar-refractivity contribution in [1.82, 2.24) is 4.98 Å². The van der Waals surface area contributed by atoms with Gasteiger partial charge >= 0.3 is 5.97 Å². The van der Waals surface area contributed by atoms with Gasteiger partial charge in [-0.05, 0) is 46.8 Å². The van der Waals surface area contributed by atoms with E-state index in [0.717, 1.165) is 26.1 Å². The zero-order chi connectivity index (χ0) is 18.1. The molecule has 0 aliphatic heterocycles. The smallest absolute Gasteiger partial charge is 0.317 e. The molecule has 0 spiro atoms. The van der Waals surface area contributed by atoms with Crippen LogP contribution >= 0.6 is 22.9 Å². The third-order valence-electron chi connectivity index (χ3n) is 3.77. The maximum absolute atomic E-state index is 13.7. The van der Waals surface area contributed by atoms with Gasteiger partial charge in [-0.15, -0.1) is 11.3 Å². The quantitative estimate of drug-likeness (QED) is 0.434. The van der Waals surface area contributed by atoms with Crippen molar-refractivity contribution in [3.63, 3.8) is 0 Å². The summed E-state index contributed by atoms with van der Waals surface area (Å²) in [5, 5.41) is 1.07. The lowest BCUT2D eigenvalue weighted by Gasteiger charge is -2.03. The van der Waals surface area contributed by atoms with E-state index in [9.17, 15) is 9.18 Å². The van der Waals surface area contributed by atoms with Crippen LogP contribution in [0.5, 0.6) is 5.88 Å². The van der Waals surface area contributed by atoms with E-state index in [4.69, 9.17) is 20.8 Å². The van der Waals surface area contributed by atoms with Gasteiger partial charge in [0.1, 0.15) is 5.82 Å². The second-order valence-electron chi connectivity index (χ2n) is 5.57. The van der Waals surface area contributed by atoms with Crippen LogP contribution in [0.3, 0.4) is 0 Å². The van der Waals surface area contributed by atoms with Crippen molar-refractivity contribution in [3.8, 4) is 17.0 Å². The van der Waals surface area contributed by atoms with Gasteiger partial charge in [0.15, 0.2) is 12.7 Å². The molecule has 0 amide bonds. The summed E-state index contributed by atoms with van der Waals surface area (Å²) < 4.78 is 24.6. The van der Waals surface area contributed by atoms with Crippen molar-refractivity contribution in [3.05, 3.63) is 70.8 Å². The van der Waals surface area contributed by atoms with Gasteiger partial charge in [-0.25, -0.2) is 4.39 Å². The normalized spacial score (nSPS) is 11.0. The van der Waals surface area contributed by atoms with Crippen LogP contribution in [-0.2, 0) is 11.2 Å².